The highest BCUT2D eigenvalue weighted by Crippen LogP contribution is 2.39. The summed E-state index contributed by atoms with van der Waals surface area (Å²) in [4.78, 5) is 29.4. The highest BCUT2D eigenvalue weighted by Gasteiger charge is 2.39. The van der Waals surface area contributed by atoms with E-state index in [0.717, 1.165) is 11.1 Å². The Bertz CT molecular complexity index is 1380. The number of amides is 2. The Hall–Kier alpha value is -3.56. The Labute approximate surface area is 215 Å². The monoisotopic (exact) mass is 524 g/mol. The molecular weight excluding hydrogens is 506 g/mol. The van der Waals surface area contributed by atoms with Gasteiger partial charge in [-0.3, -0.25) is 9.59 Å². The van der Waals surface area contributed by atoms with Gasteiger partial charge in [0, 0.05) is 23.6 Å². The van der Waals surface area contributed by atoms with E-state index >= 15 is 0 Å². The van der Waals surface area contributed by atoms with Crippen LogP contribution in [0.5, 0.6) is 0 Å². The van der Waals surface area contributed by atoms with E-state index < -0.39 is 17.0 Å². The van der Waals surface area contributed by atoms with Gasteiger partial charge in [0.05, 0.1) is 11.8 Å². The summed E-state index contributed by atoms with van der Waals surface area (Å²) in [5.41, 5.74) is 2.80. The third-order valence-corrected chi connectivity index (χ3v) is 7.12. The van der Waals surface area contributed by atoms with Crippen molar-refractivity contribution in [3.63, 3.8) is 0 Å². The van der Waals surface area contributed by atoms with E-state index in [1.807, 2.05) is 18.2 Å². The van der Waals surface area contributed by atoms with Crippen molar-refractivity contribution in [3.05, 3.63) is 101 Å². The maximum Gasteiger partial charge on any atom is 0.262 e. The van der Waals surface area contributed by atoms with Crippen molar-refractivity contribution in [1.29, 1.82) is 0 Å². The van der Waals surface area contributed by atoms with Crippen molar-refractivity contribution in [3.8, 4) is 0 Å². The Morgan fingerprint density at radius 3 is 2.44 bits per heavy atom. The first kappa shape index (κ1) is 24.1. The summed E-state index contributed by atoms with van der Waals surface area (Å²) in [6.45, 7) is 0. The zero-order valence-electron chi connectivity index (χ0n) is 18.7. The number of hydrogen-bond acceptors (Lipinski definition) is 5. The van der Waals surface area contributed by atoms with Gasteiger partial charge in [0.15, 0.2) is 5.17 Å². The molecule has 2 heterocycles. The van der Waals surface area contributed by atoms with Gasteiger partial charge >= 0.3 is 0 Å². The summed E-state index contributed by atoms with van der Waals surface area (Å²) in [6.07, 6.45) is 0.396. The summed E-state index contributed by atoms with van der Waals surface area (Å²) in [5, 5.41) is 9.29. The molecule has 6 nitrogen and oxygen atoms in total. The number of thioether (sulfide) groups is 1. The van der Waals surface area contributed by atoms with Crippen LogP contribution < -0.4 is 5.32 Å². The van der Waals surface area contributed by atoms with Crippen LogP contribution in [0, 0.1) is 11.6 Å². The van der Waals surface area contributed by atoms with Crippen LogP contribution in [0.15, 0.2) is 82.9 Å². The SMILES string of the molecule is O=C(C[C@H]1SC(N2N=C(c3ccc(F)cc3)C[C@@H]2c2cccc(Cl)c2)=NC1=O)Nc1ccc(F)cc1. The second-order valence-electron chi connectivity index (χ2n) is 8.27. The van der Waals surface area contributed by atoms with E-state index in [1.165, 1.54) is 48.2 Å². The molecule has 182 valence electrons. The van der Waals surface area contributed by atoms with Crippen molar-refractivity contribution < 1.29 is 18.4 Å². The van der Waals surface area contributed by atoms with Crippen LogP contribution in [-0.4, -0.2) is 33.0 Å². The van der Waals surface area contributed by atoms with E-state index in [-0.39, 0.29) is 24.2 Å². The predicted octanol–water partition coefficient (Wildman–Crippen LogP) is 5.80. The fourth-order valence-electron chi connectivity index (χ4n) is 4.00. The van der Waals surface area contributed by atoms with Crippen LogP contribution >= 0.6 is 23.4 Å². The Morgan fingerprint density at radius 1 is 1.06 bits per heavy atom. The number of benzene rings is 3. The number of rotatable bonds is 5. The van der Waals surface area contributed by atoms with E-state index in [0.29, 0.717) is 28.0 Å². The molecule has 0 saturated carbocycles. The van der Waals surface area contributed by atoms with Gasteiger partial charge in [0.2, 0.25) is 5.91 Å². The molecule has 2 atom stereocenters. The molecule has 2 amide bonds. The van der Waals surface area contributed by atoms with Crippen molar-refractivity contribution in [2.24, 2.45) is 10.1 Å². The summed E-state index contributed by atoms with van der Waals surface area (Å²) in [5.74, 6) is -1.57. The van der Waals surface area contributed by atoms with Crippen molar-refractivity contribution in [1.82, 2.24) is 5.01 Å². The molecule has 5 rings (SSSR count). The third-order valence-electron chi connectivity index (χ3n) is 5.74. The molecular formula is C26H19ClF2N4O2S. The summed E-state index contributed by atoms with van der Waals surface area (Å²) >= 11 is 7.39. The molecule has 3 aromatic rings. The van der Waals surface area contributed by atoms with Gasteiger partial charge in [-0.15, -0.1) is 0 Å². The number of amidine groups is 1. The van der Waals surface area contributed by atoms with Crippen molar-refractivity contribution in [2.75, 3.05) is 5.32 Å². The van der Waals surface area contributed by atoms with Gasteiger partial charge in [-0.1, -0.05) is 47.6 Å². The lowest BCUT2D eigenvalue weighted by atomic mass is 9.98. The number of nitrogens with one attached hydrogen (secondary N) is 1. The van der Waals surface area contributed by atoms with Gasteiger partial charge in [-0.2, -0.15) is 10.1 Å². The molecule has 1 N–H and O–H groups in total. The fraction of sp³-hybridized carbons (Fsp3) is 0.154. The molecule has 0 radical (unpaired) electrons. The number of carbonyl (C=O) groups excluding carboxylic acids is 2. The average molecular weight is 525 g/mol. The Kier molecular flexibility index (Phi) is 6.84. The number of carbonyl (C=O) groups is 2. The van der Waals surface area contributed by atoms with E-state index in [9.17, 15) is 18.4 Å². The molecule has 0 aromatic heterocycles. The molecule has 0 saturated heterocycles. The van der Waals surface area contributed by atoms with E-state index in [4.69, 9.17) is 16.7 Å². The zero-order chi connectivity index (χ0) is 25.2. The maximum atomic E-state index is 13.5. The molecule has 0 bridgehead atoms. The van der Waals surface area contributed by atoms with Gasteiger partial charge in [0.25, 0.3) is 5.91 Å². The first-order valence-corrected chi connectivity index (χ1v) is 12.3. The number of anilines is 1. The highest BCUT2D eigenvalue weighted by molar-refractivity contribution is 8.15. The van der Waals surface area contributed by atoms with Crippen LogP contribution in [-0.2, 0) is 9.59 Å². The number of hydrogen-bond donors (Lipinski definition) is 1. The number of hydrazone groups is 1. The smallest absolute Gasteiger partial charge is 0.262 e. The predicted molar refractivity (Wildman–Crippen MR) is 137 cm³/mol. The third kappa shape index (κ3) is 5.32. The minimum atomic E-state index is -0.717. The average Bonchev–Trinajstić information content (AvgIpc) is 3.45. The normalized spacial score (nSPS) is 19.3. The largest absolute Gasteiger partial charge is 0.326 e. The summed E-state index contributed by atoms with van der Waals surface area (Å²) in [7, 11) is 0. The van der Waals surface area contributed by atoms with Crippen LogP contribution in [0.25, 0.3) is 0 Å². The van der Waals surface area contributed by atoms with E-state index in [2.05, 4.69) is 10.3 Å². The van der Waals surface area contributed by atoms with Gasteiger partial charge < -0.3 is 5.32 Å². The molecule has 2 aliphatic heterocycles. The van der Waals surface area contributed by atoms with Crippen LogP contribution in [0.1, 0.15) is 30.0 Å². The van der Waals surface area contributed by atoms with E-state index in [1.54, 1.807) is 23.2 Å². The topological polar surface area (TPSA) is 74.1 Å². The minimum absolute atomic E-state index is 0.0991. The molecule has 2 aliphatic rings. The highest BCUT2D eigenvalue weighted by atomic mass is 35.5. The molecule has 0 aliphatic carbocycles. The maximum absolute atomic E-state index is 13.5. The lowest BCUT2D eigenvalue weighted by Gasteiger charge is -2.23. The first-order chi connectivity index (χ1) is 17.4. The number of aliphatic imine (C=N–C) groups is 1. The molecule has 0 fully saturated rings. The number of nitrogens with zero attached hydrogens (tertiary/aromatic N) is 3. The first-order valence-electron chi connectivity index (χ1n) is 11.1. The minimum Gasteiger partial charge on any atom is -0.326 e. The molecule has 0 unspecified atom stereocenters. The molecule has 3 aromatic carbocycles. The standard InChI is InChI=1S/C26H19ClF2N4O2S/c27-17-3-1-2-16(12-17)22-13-21(15-4-6-18(28)7-5-15)32-33(22)26-31-25(35)23(36-26)14-24(34)30-20-10-8-19(29)9-11-20/h1-12,22-23H,13-14H2,(H,30,34)/t22-,23-/m1/s1. The quantitative estimate of drug-likeness (QED) is 0.458. The zero-order valence-corrected chi connectivity index (χ0v) is 20.3. The number of halogens is 3. The second-order valence-corrected chi connectivity index (χ2v) is 9.88. The lowest BCUT2D eigenvalue weighted by molar-refractivity contribution is -0.121. The second kappa shape index (κ2) is 10.2. The molecule has 10 heteroatoms. The fourth-order valence-corrected chi connectivity index (χ4v) is 5.26. The molecule has 0 spiro atoms. The van der Waals surface area contributed by atoms with Gasteiger partial charge in [-0.05, 0) is 59.7 Å². The van der Waals surface area contributed by atoms with Crippen LogP contribution in [0.4, 0.5) is 14.5 Å². The van der Waals surface area contributed by atoms with Crippen LogP contribution in [0.2, 0.25) is 5.02 Å². The molecule has 36 heavy (non-hydrogen) atoms. The van der Waals surface area contributed by atoms with Gasteiger partial charge in [-0.25, -0.2) is 13.8 Å². The lowest BCUT2D eigenvalue weighted by Crippen LogP contribution is -2.25. The Balaban J connectivity index is 1.35. The summed E-state index contributed by atoms with van der Waals surface area (Å²) in [6, 6.07) is 18.5. The van der Waals surface area contributed by atoms with Crippen molar-refractivity contribution >= 4 is 51.7 Å². The summed E-state index contributed by atoms with van der Waals surface area (Å²) < 4.78 is 26.6. The van der Waals surface area contributed by atoms with Gasteiger partial charge in [0.1, 0.15) is 16.9 Å². The Morgan fingerprint density at radius 2 is 1.75 bits per heavy atom. The van der Waals surface area contributed by atoms with Crippen molar-refractivity contribution in [2.45, 2.75) is 24.1 Å². The van der Waals surface area contributed by atoms with Crippen LogP contribution in [0.3, 0.4) is 0 Å².